The number of hydrogen-bond donors (Lipinski definition) is 1. The monoisotopic (exact) mass is 306 g/mol. The van der Waals surface area contributed by atoms with Crippen LogP contribution in [0.15, 0.2) is 24.5 Å². The predicted octanol–water partition coefficient (Wildman–Crippen LogP) is 0.750. The van der Waals surface area contributed by atoms with Crippen molar-refractivity contribution in [3.8, 4) is 5.69 Å². The Morgan fingerprint density at radius 1 is 1.48 bits per heavy atom. The zero-order valence-corrected chi connectivity index (χ0v) is 12.3. The van der Waals surface area contributed by atoms with E-state index >= 15 is 0 Å². The molecule has 0 radical (unpaired) electrons. The molecule has 7 nitrogen and oxygen atoms in total. The average Bonchev–Trinajstić information content (AvgIpc) is 3.01. The SMILES string of the molecule is CC1CNCCN1C(=O)c1ccc(-n2cnnn2)cc1Cl. The summed E-state index contributed by atoms with van der Waals surface area (Å²) in [6, 6.07) is 5.35. The Labute approximate surface area is 126 Å². The molecule has 1 fully saturated rings. The Hall–Kier alpha value is -1.99. The molecule has 1 aromatic carbocycles. The number of halogens is 1. The van der Waals surface area contributed by atoms with E-state index in [0.717, 1.165) is 18.8 Å². The maximum atomic E-state index is 12.6. The lowest BCUT2D eigenvalue weighted by atomic mass is 10.1. The highest BCUT2D eigenvalue weighted by Gasteiger charge is 2.25. The van der Waals surface area contributed by atoms with Crippen molar-refractivity contribution < 1.29 is 4.79 Å². The first-order chi connectivity index (χ1) is 10.2. The predicted molar refractivity (Wildman–Crippen MR) is 77.5 cm³/mol. The van der Waals surface area contributed by atoms with Crippen molar-refractivity contribution in [2.45, 2.75) is 13.0 Å². The van der Waals surface area contributed by atoms with Crippen LogP contribution in [-0.4, -0.2) is 56.7 Å². The van der Waals surface area contributed by atoms with Crippen molar-refractivity contribution in [1.82, 2.24) is 30.4 Å². The second-order valence-electron chi connectivity index (χ2n) is 4.97. The fraction of sp³-hybridized carbons (Fsp3) is 0.385. The second kappa shape index (κ2) is 5.79. The van der Waals surface area contributed by atoms with Gasteiger partial charge in [0.05, 0.1) is 16.3 Å². The minimum atomic E-state index is -0.0442. The van der Waals surface area contributed by atoms with Gasteiger partial charge in [-0.2, -0.15) is 0 Å². The van der Waals surface area contributed by atoms with E-state index in [1.54, 1.807) is 18.2 Å². The highest BCUT2D eigenvalue weighted by Crippen LogP contribution is 2.22. The van der Waals surface area contributed by atoms with Crippen LogP contribution in [0.1, 0.15) is 17.3 Å². The number of nitrogens with one attached hydrogen (secondary N) is 1. The number of carbonyl (C=O) groups excluding carboxylic acids is 1. The molecule has 1 saturated heterocycles. The van der Waals surface area contributed by atoms with E-state index in [1.807, 2.05) is 11.8 Å². The van der Waals surface area contributed by atoms with Crippen LogP contribution < -0.4 is 5.32 Å². The minimum Gasteiger partial charge on any atom is -0.333 e. The first kappa shape index (κ1) is 14.0. The van der Waals surface area contributed by atoms with E-state index in [9.17, 15) is 4.79 Å². The number of rotatable bonds is 2. The van der Waals surface area contributed by atoms with Crippen LogP contribution in [-0.2, 0) is 0 Å². The number of benzene rings is 1. The lowest BCUT2D eigenvalue weighted by Gasteiger charge is -2.34. The first-order valence-corrected chi connectivity index (χ1v) is 7.09. The van der Waals surface area contributed by atoms with Gasteiger partial charge in [-0.05, 0) is 35.5 Å². The third-order valence-electron chi connectivity index (χ3n) is 3.56. The molecule has 2 heterocycles. The Kier molecular flexibility index (Phi) is 3.85. The second-order valence-corrected chi connectivity index (χ2v) is 5.38. The molecule has 3 rings (SSSR count). The smallest absolute Gasteiger partial charge is 0.255 e. The van der Waals surface area contributed by atoms with Crippen molar-refractivity contribution in [3.05, 3.63) is 35.1 Å². The lowest BCUT2D eigenvalue weighted by Crippen LogP contribution is -2.52. The van der Waals surface area contributed by atoms with Crippen LogP contribution in [0.25, 0.3) is 5.69 Å². The molecular weight excluding hydrogens is 292 g/mol. The average molecular weight is 307 g/mol. The standard InChI is InChI=1S/C13H15ClN6O/c1-9-7-15-4-5-19(9)13(21)11-3-2-10(6-12(11)14)20-8-16-17-18-20/h2-3,6,8-9,15H,4-5,7H2,1H3. The minimum absolute atomic E-state index is 0.0442. The molecule has 1 unspecified atom stereocenters. The molecule has 1 aliphatic rings. The van der Waals surface area contributed by atoms with Gasteiger partial charge in [-0.15, -0.1) is 5.10 Å². The molecule has 21 heavy (non-hydrogen) atoms. The molecule has 1 N–H and O–H groups in total. The van der Waals surface area contributed by atoms with Crippen LogP contribution >= 0.6 is 11.6 Å². The number of tetrazole rings is 1. The summed E-state index contributed by atoms with van der Waals surface area (Å²) >= 11 is 6.26. The summed E-state index contributed by atoms with van der Waals surface area (Å²) in [6.45, 7) is 4.31. The van der Waals surface area contributed by atoms with Gasteiger partial charge in [-0.25, -0.2) is 4.68 Å². The maximum Gasteiger partial charge on any atom is 0.255 e. The van der Waals surface area contributed by atoms with Gasteiger partial charge in [0, 0.05) is 25.7 Å². The number of carbonyl (C=O) groups is 1. The van der Waals surface area contributed by atoms with E-state index in [1.165, 1.54) is 11.0 Å². The maximum absolute atomic E-state index is 12.6. The summed E-state index contributed by atoms with van der Waals surface area (Å²) in [5.41, 5.74) is 1.22. The van der Waals surface area contributed by atoms with Gasteiger partial charge in [-0.3, -0.25) is 4.79 Å². The van der Waals surface area contributed by atoms with Gasteiger partial charge in [0.1, 0.15) is 6.33 Å². The molecule has 110 valence electrons. The van der Waals surface area contributed by atoms with Crippen LogP contribution in [0.4, 0.5) is 0 Å². The lowest BCUT2D eigenvalue weighted by molar-refractivity contribution is 0.0656. The van der Waals surface area contributed by atoms with Gasteiger partial charge in [0.2, 0.25) is 0 Å². The number of piperazine rings is 1. The van der Waals surface area contributed by atoms with Gasteiger partial charge < -0.3 is 10.2 Å². The molecule has 8 heteroatoms. The molecule has 0 bridgehead atoms. The zero-order valence-electron chi connectivity index (χ0n) is 11.5. The molecule has 1 aliphatic heterocycles. The van der Waals surface area contributed by atoms with Crippen LogP contribution in [0.3, 0.4) is 0 Å². The van der Waals surface area contributed by atoms with E-state index in [4.69, 9.17) is 11.6 Å². The fourth-order valence-corrected chi connectivity index (χ4v) is 2.65. The van der Waals surface area contributed by atoms with E-state index in [-0.39, 0.29) is 11.9 Å². The van der Waals surface area contributed by atoms with Gasteiger partial charge in [-0.1, -0.05) is 11.6 Å². The quantitative estimate of drug-likeness (QED) is 0.886. The third kappa shape index (κ3) is 2.74. The van der Waals surface area contributed by atoms with Crippen molar-refractivity contribution in [1.29, 1.82) is 0 Å². The summed E-state index contributed by atoms with van der Waals surface area (Å²) in [7, 11) is 0. The Morgan fingerprint density at radius 3 is 3.00 bits per heavy atom. The van der Waals surface area contributed by atoms with Crippen LogP contribution in [0, 0.1) is 0 Å². The fourth-order valence-electron chi connectivity index (χ4n) is 2.40. The summed E-state index contributed by atoms with van der Waals surface area (Å²) in [6.07, 6.45) is 1.48. The van der Waals surface area contributed by atoms with Crippen LogP contribution in [0.2, 0.25) is 5.02 Å². The summed E-state index contributed by atoms with van der Waals surface area (Å²) in [5, 5.41) is 14.6. The van der Waals surface area contributed by atoms with Crippen molar-refractivity contribution in [2.24, 2.45) is 0 Å². The molecule has 1 aromatic heterocycles. The largest absolute Gasteiger partial charge is 0.333 e. The van der Waals surface area contributed by atoms with E-state index in [0.29, 0.717) is 17.1 Å². The molecular formula is C13H15ClN6O. The molecule has 0 aliphatic carbocycles. The van der Waals surface area contributed by atoms with Crippen molar-refractivity contribution in [3.63, 3.8) is 0 Å². The molecule has 1 atom stereocenters. The van der Waals surface area contributed by atoms with Crippen molar-refractivity contribution >= 4 is 17.5 Å². The third-order valence-corrected chi connectivity index (χ3v) is 3.87. The molecule has 0 saturated carbocycles. The number of nitrogens with zero attached hydrogens (tertiary/aromatic N) is 5. The van der Waals surface area contributed by atoms with Crippen LogP contribution in [0.5, 0.6) is 0 Å². The molecule has 0 spiro atoms. The topological polar surface area (TPSA) is 75.9 Å². The summed E-state index contributed by atoms with van der Waals surface area (Å²) < 4.78 is 1.49. The summed E-state index contributed by atoms with van der Waals surface area (Å²) in [5.74, 6) is -0.0442. The number of hydrogen-bond acceptors (Lipinski definition) is 5. The highest BCUT2D eigenvalue weighted by atomic mass is 35.5. The van der Waals surface area contributed by atoms with E-state index in [2.05, 4.69) is 20.8 Å². The number of aromatic nitrogens is 4. The Bertz CT molecular complexity index is 644. The van der Waals surface area contributed by atoms with Gasteiger partial charge in [0.25, 0.3) is 5.91 Å². The van der Waals surface area contributed by atoms with Gasteiger partial charge in [0.15, 0.2) is 0 Å². The Morgan fingerprint density at radius 2 is 2.33 bits per heavy atom. The zero-order chi connectivity index (χ0) is 14.8. The van der Waals surface area contributed by atoms with E-state index < -0.39 is 0 Å². The first-order valence-electron chi connectivity index (χ1n) is 6.71. The molecule has 1 amide bonds. The highest BCUT2D eigenvalue weighted by molar-refractivity contribution is 6.34. The number of amides is 1. The molecule has 2 aromatic rings. The normalized spacial score (nSPS) is 18.8. The summed E-state index contributed by atoms with van der Waals surface area (Å²) in [4.78, 5) is 14.4. The van der Waals surface area contributed by atoms with Crippen molar-refractivity contribution in [2.75, 3.05) is 19.6 Å². The van der Waals surface area contributed by atoms with Gasteiger partial charge >= 0.3 is 0 Å². The Balaban J connectivity index is 1.87.